The molecule has 1 aliphatic rings. The molecule has 1 heterocycles. The maximum absolute atomic E-state index is 12.8. The second-order valence-electron chi connectivity index (χ2n) is 7.80. The average Bonchev–Trinajstić information content (AvgIpc) is 3.14. The molecular weight excluding hydrogens is 490 g/mol. The predicted octanol–water partition coefficient (Wildman–Crippen LogP) is 2.76. The summed E-state index contributed by atoms with van der Waals surface area (Å²) >= 11 is 0. The van der Waals surface area contributed by atoms with Gasteiger partial charge in [0.25, 0.3) is 15.9 Å². The zero-order valence-electron chi connectivity index (χ0n) is 20.3. The molecule has 0 saturated heterocycles. The molecule has 12 heteroatoms. The molecule has 0 unspecified atom stereocenters. The van der Waals surface area contributed by atoms with Crippen molar-refractivity contribution in [3.05, 3.63) is 42.0 Å². The molecule has 0 radical (unpaired) electrons. The number of carbonyl (C=O) groups excluding carboxylic acids is 2. The first-order chi connectivity index (χ1) is 17.3. The third-order valence-corrected chi connectivity index (χ3v) is 6.69. The van der Waals surface area contributed by atoms with E-state index in [2.05, 4.69) is 15.0 Å². The summed E-state index contributed by atoms with van der Waals surface area (Å²) in [4.78, 5) is 29.2. The van der Waals surface area contributed by atoms with E-state index in [4.69, 9.17) is 18.9 Å². The minimum absolute atomic E-state index is 0.0284. The lowest BCUT2D eigenvalue weighted by Gasteiger charge is -2.14. The number of hydrogen-bond donors (Lipinski definition) is 2. The topological polar surface area (TPSA) is 142 Å². The van der Waals surface area contributed by atoms with E-state index in [9.17, 15) is 18.0 Å². The SMILES string of the molecule is COc1cc(OC)c(C(=O)OCC(=O)Nc2cccc(S(=O)(=O)NC3=NCCCCC3)c2)cc1OC. The highest BCUT2D eigenvalue weighted by Crippen LogP contribution is 2.34. The number of nitrogens with zero attached hydrogens (tertiary/aromatic N) is 1. The number of anilines is 1. The van der Waals surface area contributed by atoms with Crippen molar-refractivity contribution in [2.75, 3.05) is 39.8 Å². The van der Waals surface area contributed by atoms with Crippen LogP contribution in [0, 0.1) is 0 Å². The van der Waals surface area contributed by atoms with Gasteiger partial charge in [-0.05, 0) is 31.0 Å². The van der Waals surface area contributed by atoms with E-state index in [1.165, 1.54) is 57.7 Å². The highest BCUT2D eigenvalue weighted by Gasteiger charge is 2.21. The molecule has 0 spiro atoms. The molecule has 0 bridgehead atoms. The Kier molecular flexibility index (Phi) is 9.12. The van der Waals surface area contributed by atoms with Gasteiger partial charge in [-0.3, -0.25) is 14.5 Å². The quantitative estimate of drug-likeness (QED) is 0.482. The monoisotopic (exact) mass is 519 g/mol. The standard InChI is InChI=1S/C24H29N3O8S/c1-32-19-14-21(34-3)20(33-2)13-18(19)24(29)35-15-23(28)26-16-8-7-9-17(12-16)36(30,31)27-22-10-5-4-6-11-25-22/h7-9,12-14H,4-6,10-11,15H2,1-3H3,(H,25,27)(H,26,28). The molecule has 2 N–H and O–H groups in total. The van der Waals surface area contributed by atoms with Crippen LogP contribution in [-0.2, 0) is 19.6 Å². The fourth-order valence-corrected chi connectivity index (χ4v) is 4.64. The van der Waals surface area contributed by atoms with Crippen molar-refractivity contribution >= 4 is 33.4 Å². The summed E-state index contributed by atoms with van der Waals surface area (Å²) in [6.07, 6.45) is 3.35. The molecule has 0 aromatic heterocycles. The lowest BCUT2D eigenvalue weighted by atomic mass is 10.1. The minimum atomic E-state index is -3.87. The highest BCUT2D eigenvalue weighted by molar-refractivity contribution is 7.90. The molecule has 0 fully saturated rings. The highest BCUT2D eigenvalue weighted by atomic mass is 32.2. The van der Waals surface area contributed by atoms with Crippen molar-refractivity contribution < 1.29 is 37.0 Å². The van der Waals surface area contributed by atoms with Crippen molar-refractivity contribution in [2.24, 2.45) is 4.99 Å². The Morgan fingerprint density at radius 1 is 0.944 bits per heavy atom. The first-order valence-electron chi connectivity index (χ1n) is 11.2. The molecular formula is C24H29N3O8S. The van der Waals surface area contributed by atoms with Gasteiger partial charge in [-0.25, -0.2) is 13.2 Å². The van der Waals surface area contributed by atoms with Crippen molar-refractivity contribution in [1.29, 1.82) is 0 Å². The van der Waals surface area contributed by atoms with Crippen LogP contribution in [0.4, 0.5) is 5.69 Å². The fourth-order valence-electron chi connectivity index (χ4n) is 3.51. The molecule has 194 valence electrons. The number of amidine groups is 1. The zero-order chi connectivity index (χ0) is 26.1. The van der Waals surface area contributed by atoms with Gasteiger partial charge in [0.2, 0.25) is 0 Å². The summed E-state index contributed by atoms with van der Waals surface area (Å²) in [7, 11) is 0.371. The number of rotatable bonds is 9. The molecule has 3 rings (SSSR count). The number of ether oxygens (including phenoxy) is 4. The summed E-state index contributed by atoms with van der Waals surface area (Å²) in [5.74, 6) is -0.206. The Bertz CT molecular complexity index is 1240. The second kappa shape index (κ2) is 12.2. The van der Waals surface area contributed by atoms with Gasteiger partial charge in [-0.15, -0.1) is 0 Å². The number of aliphatic imine (C=N–C) groups is 1. The summed E-state index contributed by atoms with van der Waals surface area (Å²) < 4.78 is 48.8. The first kappa shape index (κ1) is 26.8. The van der Waals surface area contributed by atoms with Crippen LogP contribution < -0.4 is 24.2 Å². The van der Waals surface area contributed by atoms with Crippen LogP contribution in [0.5, 0.6) is 17.2 Å². The van der Waals surface area contributed by atoms with Crippen LogP contribution in [0.3, 0.4) is 0 Å². The van der Waals surface area contributed by atoms with Crippen LogP contribution >= 0.6 is 0 Å². The summed E-state index contributed by atoms with van der Waals surface area (Å²) in [5.41, 5.74) is 0.272. The third-order valence-electron chi connectivity index (χ3n) is 5.31. The van der Waals surface area contributed by atoms with Gasteiger partial charge >= 0.3 is 5.97 Å². The van der Waals surface area contributed by atoms with Gasteiger partial charge in [-0.2, -0.15) is 0 Å². The number of nitrogens with one attached hydrogen (secondary N) is 2. The van der Waals surface area contributed by atoms with Gasteiger partial charge in [0.15, 0.2) is 18.1 Å². The smallest absolute Gasteiger partial charge is 0.342 e. The van der Waals surface area contributed by atoms with Crippen LogP contribution in [0.1, 0.15) is 36.0 Å². The number of carbonyl (C=O) groups is 2. The van der Waals surface area contributed by atoms with Crippen LogP contribution in [0.15, 0.2) is 46.3 Å². The Hall–Kier alpha value is -3.80. The van der Waals surface area contributed by atoms with Crippen molar-refractivity contribution in [3.8, 4) is 17.2 Å². The Morgan fingerprint density at radius 2 is 1.67 bits per heavy atom. The largest absolute Gasteiger partial charge is 0.496 e. The zero-order valence-corrected chi connectivity index (χ0v) is 21.1. The molecule has 2 aromatic rings. The molecule has 2 aromatic carbocycles. The molecule has 0 atom stereocenters. The van der Waals surface area contributed by atoms with Crippen molar-refractivity contribution in [1.82, 2.24) is 4.72 Å². The van der Waals surface area contributed by atoms with Crippen LogP contribution in [0.2, 0.25) is 0 Å². The minimum Gasteiger partial charge on any atom is -0.496 e. The van der Waals surface area contributed by atoms with Gasteiger partial charge in [0.1, 0.15) is 17.1 Å². The lowest BCUT2D eigenvalue weighted by molar-refractivity contribution is -0.119. The summed E-state index contributed by atoms with van der Waals surface area (Å²) in [5, 5.41) is 2.53. The first-order valence-corrected chi connectivity index (χ1v) is 12.7. The number of hydrogen-bond acceptors (Lipinski definition) is 9. The lowest BCUT2D eigenvalue weighted by Crippen LogP contribution is -2.30. The number of esters is 1. The average molecular weight is 520 g/mol. The predicted molar refractivity (Wildman–Crippen MR) is 133 cm³/mol. The van der Waals surface area contributed by atoms with Crippen molar-refractivity contribution in [3.63, 3.8) is 0 Å². The van der Waals surface area contributed by atoms with E-state index in [1.54, 1.807) is 0 Å². The normalized spacial score (nSPS) is 13.6. The summed E-state index contributed by atoms with van der Waals surface area (Å²) in [6.45, 7) is -0.0236. The third kappa shape index (κ3) is 6.87. The van der Waals surface area contributed by atoms with Gasteiger partial charge in [-0.1, -0.05) is 12.5 Å². The van der Waals surface area contributed by atoms with Gasteiger partial charge < -0.3 is 24.3 Å². The number of sulfonamides is 1. The molecule has 11 nitrogen and oxygen atoms in total. The van der Waals surface area contributed by atoms with E-state index in [0.29, 0.717) is 24.6 Å². The summed E-state index contributed by atoms with van der Waals surface area (Å²) in [6, 6.07) is 8.61. The Morgan fingerprint density at radius 3 is 2.39 bits per heavy atom. The van der Waals surface area contributed by atoms with Crippen LogP contribution in [0.25, 0.3) is 0 Å². The molecule has 1 amide bonds. The molecule has 1 aliphatic heterocycles. The molecule has 0 aliphatic carbocycles. The second-order valence-corrected chi connectivity index (χ2v) is 9.49. The maximum Gasteiger partial charge on any atom is 0.342 e. The van der Waals surface area contributed by atoms with E-state index < -0.39 is 28.5 Å². The molecule has 0 saturated carbocycles. The Balaban J connectivity index is 1.64. The van der Waals surface area contributed by atoms with Gasteiger partial charge in [0, 0.05) is 30.8 Å². The van der Waals surface area contributed by atoms with E-state index in [1.807, 2.05) is 0 Å². The van der Waals surface area contributed by atoms with E-state index in [-0.39, 0.29) is 27.6 Å². The molecule has 36 heavy (non-hydrogen) atoms. The maximum atomic E-state index is 12.8. The number of benzene rings is 2. The van der Waals surface area contributed by atoms with Crippen molar-refractivity contribution in [2.45, 2.75) is 30.6 Å². The Labute approximate surface area is 209 Å². The van der Waals surface area contributed by atoms with Crippen LogP contribution in [-0.4, -0.2) is 60.6 Å². The fraction of sp³-hybridized carbons (Fsp3) is 0.375. The number of amides is 1. The van der Waals surface area contributed by atoms with Gasteiger partial charge in [0.05, 0.1) is 26.2 Å². The number of methoxy groups -OCH3 is 3. The van der Waals surface area contributed by atoms with E-state index in [0.717, 1.165) is 19.3 Å². The van der Waals surface area contributed by atoms with E-state index >= 15 is 0 Å².